The van der Waals surface area contributed by atoms with E-state index in [1.165, 1.54) is 36.0 Å². The minimum atomic E-state index is -4.74. The van der Waals surface area contributed by atoms with Gasteiger partial charge in [-0.3, -0.25) is 10.0 Å². The molecule has 6 nitrogen and oxygen atoms in total. The van der Waals surface area contributed by atoms with E-state index < -0.39 is 17.0 Å². The molecule has 1 fully saturated rings. The number of nitrogens with one attached hydrogen (secondary N) is 2. The molecule has 10 heteroatoms. The predicted octanol–water partition coefficient (Wildman–Crippen LogP) is 4.05. The van der Waals surface area contributed by atoms with E-state index in [9.17, 15) is 18.0 Å². The van der Waals surface area contributed by atoms with Crippen LogP contribution in [0.2, 0.25) is 0 Å². The van der Waals surface area contributed by atoms with Crippen LogP contribution in [-0.4, -0.2) is 35.3 Å². The first-order valence-electron chi connectivity index (χ1n) is 9.26. The predicted molar refractivity (Wildman–Crippen MR) is 106 cm³/mol. The molecule has 0 unspecified atom stereocenters. The number of carbonyl (C=O) groups is 1. The van der Waals surface area contributed by atoms with E-state index in [0.29, 0.717) is 43.9 Å². The van der Waals surface area contributed by atoms with Crippen molar-refractivity contribution < 1.29 is 32.6 Å². The summed E-state index contributed by atoms with van der Waals surface area (Å²) in [4.78, 5) is 13.2. The lowest BCUT2D eigenvalue weighted by Gasteiger charge is -2.34. The summed E-state index contributed by atoms with van der Waals surface area (Å²) in [6.07, 6.45) is 4.30. The molecule has 0 aromatic heterocycles. The molecule has 0 spiro atoms. The van der Waals surface area contributed by atoms with Crippen LogP contribution in [0.3, 0.4) is 0 Å². The van der Waals surface area contributed by atoms with Crippen molar-refractivity contribution in [1.82, 2.24) is 10.8 Å². The van der Waals surface area contributed by atoms with Crippen LogP contribution in [0.25, 0.3) is 0 Å². The zero-order valence-electron chi connectivity index (χ0n) is 15.9. The van der Waals surface area contributed by atoms with Gasteiger partial charge < -0.3 is 14.8 Å². The third-order valence-electron chi connectivity index (χ3n) is 4.58. The first-order valence-corrected chi connectivity index (χ1v) is 10.1. The first kappa shape index (κ1) is 22.3. The van der Waals surface area contributed by atoms with Crippen molar-refractivity contribution in [3.63, 3.8) is 0 Å². The molecule has 30 heavy (non-hydrogen) atoms. The number of benzene rings is 1. The van der Waals surface area contributed by atoms with Crippen LogP contribution in [0, 0.1) is 0 Å². The Kier molecular flexibility index (Phi) is 7.11. The lowest BCUT2D eigenvalue weighted by Crippen LogP contribution is -2.50. The molecule has 162 valence electrons. The van der Waals surface area contributed by atoms with E-state index in [2.05, 4.69) is 10.1 Å². The molecule has 1 saturated heterocycles. The number of halogens is 3. The van der Waals surface area contributed by atoms with Crippen LogP contribution >= 0.6 is 11.8 Å². The number of thioether (sulfide) groups is 1. The van der Waals surface area contributed by atoms with Crippen molar-refractivity contribution in [2.24, 2.45) is 0 Å². The highest BCUT2D eigenvalue weighted by molar-refractivity contribution is 8.05. The molecule has 1 aliphatic heterocycles. The molecule has 0 bridgehead atoms. The SMILES string of the molecule is O=C(NO)C1(SC2=CCC=C(Oc3ccc(OC(F)(F)F)cc3)C=C2)CCNCC1. The summed E-state index contributed by atoms with van der Waals surface area (Å²) in [6, 6.07) is 5.13. The lowest BCUT2D eigenvalue weighted by molar-refractivity contribution is -0.274. The molecule has 1 amide bonds. The maximum atomic E-state index is 12.3. The van der Waals surface area contributed by atoms with E-state index in [-0.39, 0.29) is 5.75 Å². The van der Waals surface area contributed by atoms with Crippen LogP contribution < -0.4 is 20.3 Å². The summed E-state index contributed by atoms with van der Waals surface area (Å²) in [5.41, 5.74) is 1.78. The Bertz CT molecular complexity index is 845. The van der Waals surface area contributed by atoms with E-state index in [1.54, 1.807) is 11.6 Å². The standard InChI is InChI=1S/C20H21F3N2O4S/c21-20(22,23)29-16-6-4-15(5-7-16)28-14-2-1-3-17(9-8-14)30-19(18(26)25-27)10-12-24-13-11-19/h2-9,24,27H,1,10-13H2,(H,25,26). The number of piperidine rings is 1. The minimum absolute atomic E-state index is 0.324. The second-order valence-electron chi connectivity index (χ2n) is 6.69. The second-order valence-corrected chi connectivity index (χ2v) is 8.15. The van der Waals surface area contributed by atoms with Crippen molar-refractivity contribution in [1.29, 1.82) is 0 Å². The van der Waals surface area contributed by atoms with Crippen molar-refractivity contribution in [2.45, 2.75) is 30.4 Å². The first-order chi connectivity index (χ1) is 14.3. The zero-order valence-corrected chi connectivity index (χ0v) is 16.7. The lowest BCUT2D eigenvalue weighted by atomic mass is 9.96. The molecular weight excluding hydrogens is 421 g/mol. The fraction of sp³-hybridized carbons (Fsp3) is 0.350. The van der Waals surface area contributed by atoms with Gasteiger partial charge in [-0.25, -0.2) is 5.48 Å². The van der Waals surface area contributed by atoms with Crippen LogP contribution in [0.4, 0.5) is 13.2 Å². The van der Waals surface area contributed by atoms with E-state index >= 15 is 0 Å². The molecule has 2 aliphatic rings. The molecule has 0 saturated carbocycles. The third-order valence-corrected chi connectivity index (χ3v) is 6.11. The Hall–Kier alpha value is -2.43. The average molecular weight is 442 g/mol. The minimum Gasteiger partial charge on any atom is -0.458 e. The van der Waals surface area contributed by atoms with Gasteiger partial charge in [-0.2, -0.15) is 0 Å². The summed E-state index contributed by atoms with van der Waals surface area (Å²) >= 11 is 1.40. The Morgan fingerprint density at radius 1 is 1.10 bits per heavy atom. The van der Waals surface area contributed by atoms with Crippen molar-refractivity contribution in [3.8, 4) is 11.5 Å². The number of amides is 1. The summed E-state index contributed by atoms with van der Waals surface area (Å²) in [6.45, 7) is 1.36. The number of hydroxylamine groups is 1. The zero-order chi connectivity index (χ0) is 21.6. The highest BCUT2D eigenvalue weighted by atomic mass is 32.2. The normalized spacial score (nSPS) is 18.7. The molecule has 1 aromatic carbocycles. The summed E-state index contributed by atoms with van der Waals surface area (Å²) in [7, 11) is 0. The quantitative estimate of drug-likeness (QED) is 0.456. The number of alkyl halides is 3. The third kappa shape index (κ3) is 6.04. The van der Waals surface area contributed by atoms with Crippen LogP contribution in [-0.2, 0) is 4.79 Å². The maximum absolute atomic E-state index is 12.3. The smallest absolute Gasteiger partial charge is 0.458 e. The van der Waals surface area contributed by atoms with Gasteiger partial charge in [-0.05, 0) is 74.8 Å². The number of rotatable bonds is 6. The van der Waals surface area contributed by atoms with E-state index in [1.807, 2.05) is 18.2 Å². The van der Waals surface area contributed by atoms with Gasteiger partial charge in [0, 0.05) is 4.91 Å². The largest absolute Gasteiger partial charge is 0.573 e. The topological polar surface area (TPSA) is 79.8 Å². The molecule has 0 radical (unpaired) electrons. The van der Waals surface area contributed by atoms with Crippen molar-refractivity contribution in [2.75, 3.05) is 13.1 Å². The fourth-order valence-corrected chi connectivity index (χ4v) is 4.44. The van der Waals surface area contributed by atoms with Gasteiger partial charge in [0.15, 0.2) is 0 Å². The van der Waals surface area contributed by atoms with E-state index in [0.717, 1.165) is 4.91 Å². The summed E-state index contributed by atoms with van der Waals surface area (Å²) < 4.78 is 45.5. The number of carbonyl (C=O) groups excluding carboxylic acids is 1. The Balaban J connectivity index is 1.63. The average Bonchev–Trinajstić information content (AvgIpc) is 2.93. The van der Waals surface area contributed by atoms with Gasteiger partial charge in [0.2, 0.25) is 0 Å². The molecular formula is C20H21F3N2O4S. The van der Waals surface area contributed by atoms with E-state index in [4.69, 9.17) is 9.94 Å². The number of allylic oxidation sites excluding steroid dienone is 4. The molecule has 0 atom stereocenters. The fourth-order valence-electron chi connectivity index (χ4n) is 3.12. The number of ether oxygens (including phenoxy) is 2. The Morgan fingerprint density at radius 2 is 1.77 bits per heavy atom. The molecule has 1 heterocycles. The van der Waals surface area contributed by atoms with Crippen LogP contribution in [0.5, 0.6) is 11.5 Å². The van der Waals surface area contributed by atoms with Gasteiger partial charge >= 0.3 is 6.36 Å². The van der Waals surface area contributed by atoms with Gasteiger partial charge in [-0.15, -0.1) is 24.9 Å². The van der Waals surface area contributed by atoms with Gasteiger partial charge in [-0.1, -0.05) is 6.08 Å². The maximum Gasteiger partial charge on any atom is 0.573 e. The van der Waals surface area contributed by atoms with Gasteiger partial charge in [0.1, 0.15) is 22.0 Å². The van der Waals surface area contributed by atoms with Gasteiger partial charge in [0.05, 0.1) is 0 Å². The summed E-state index contributed by atoms with van der Waals surface area (Å²) in [5.74, 6) is 0.150. The molecule has 3 rings (SSSR count). The number of hydrogen-bond acceptors (Lipinski definition) is 6. The molecule has 1 aliphatic carbocycles. The Labute approximate surface area is 175 Å². The summed E-state index contributed by atoms with van der Waals surface area (Å²) in [5, 5.41) is 12.4. The molecule has 3 N–H and O–H groups in total. The Morgan fingerprint density at radius 3 is 2.40 bits per heavy atom. The molecule has 1 aromatic rings. The highest BCUT2D eigenvalue weighted by Crippen LogP contribution is 2.41. The van der Waals surface area contributed by atoms with Crippen molar-refractivity contribution >= 4 is 17.7 Å². The monoisotopic (exact) mass is 442 g/mol. The van der Waals surface area contributed by atoms with Gasteiger partial charge in [0.25, 0.3) is 5.91 Å². The van der Waals surface area contributed by atoms with Crippen molar-refractivity contribution in [3.05, 3.63) is 59.2 Å². The number of hydrogen-bond donors (Lipinski definition) is 3. The van der Waals surface area contributed by atoms with Crippen LogP contribution in [0.15, 0.2) is 59.2 Å². The second kappa shape index (κ2) is 9.59. The van der Waals surface area contributed by atoms with Crippen LogP contribution in [0.1, 0.15) is 19.3 Å². The highest BCUT2D eigenvalue weighted by Gasteiger charge is 2.41.